The minimum Gasteiger partial charge on any atom is -0.393 e. The molecular formula is C13H21N3O4S. The summed E-state index contributed by atoms with van der Waals surface area (Å²) in [4.78, 5) is 10.1. The van der Waals surface area contributed by atoms with Crippen molar-refractivity contribution in [3.05, 3.63) is 27.8 Å². The summed E-state index contributed by atoms with van der Waals surface area (Å²) in [7, 11) is -3.86. The Kier molecular flexibility index (Phi) is 4.95. The number of benzene rings is 1. The van der Waals surface area contributed by atoms with Gasteiger partial charge in [-0.25, -0.2) is 13.1 Å². The van der Waals surface area contributed by atoms with Gasteiger partial charge in [0.15, 0.2) is 0 Å². The van der Waals surface area contributed by atoms with Crippen molar-refractivity contribution in [2.45, 2.75) is 51.0 Å². The second-order valence-corrected chi connectivity index (χ2v) is 6.96. The fourth-order valence-corrected chi connectivity index (χ4v) is 3.72. The number of hydrogen-bond acceptors (Lipinski definition) is 5. The lowest BCUT2D eigenvalue weighted by atomic mass is 9.98. The maximum absolute atomic E-state index is 12.5. The van der Waals surface area contributed by atoms with Crippen molar-refractivity contribution in [3.8, 4) is 0 Å². The lowest BCUT2D eigenvalue weighted by Gasteiger charge is -2.28. The Morgan fingerprint density at radius 3 is 2.29 bits per heavy atom. The van der Waals surface area contributed by atoms with Crippen LogP contribution in [-0.4, -0.2) is 18.9 Å². The fraction of sp³-hybridized carbons (Fsp3) is 0.538. The quantitative estimate of drug-likeness (QED) is 0.475. The van der Waals surface area contributed by atoms with Gasteiger partial charge in [0, 0.05) is 11.6 Å². The molecule has 0 aromatic heterocycles. The van der Waals surface area contributed by atoms with Crippen LogP contribution in [0.15, 0.2) is 17.0 Å². The normalized spacial score (nSPS) is 12.4. The predicted molar refractivity (Wildman–Crippen MR) is 81.6 cm³/mol. The van der Waals surface area contributed by atoms with Crippen molar-refractivity contribution < 1.29 is 13.3 Å². The molecule has 3 N–H and O–H groups in total. The van der Waals surface area contributed by atoms with Crippen molar-refractivity contribution >= 4 is 21.4 Å². The molecule has 0 atom stereocenters. The minimum absolute atomic E-state index is 0.0507. The van der Waals surface area contributed by atoms with Gasteiger partial charge in [0.2, 0.25) is 10.0 Å². The molecule has 0 aliphatic carbocycles. The Morgan fingerprint density at radius 2 is 1.86 bits per heavy atom. The first-order chi connectivity index (χ1) is 9.56. The highest BCUT2D eigenvalue weighted by Gasteiger charge is 2.30. The first kappa shape index (κ1) is 17.4. The smallest absolute Gasteiger partial charge is 0.293 e. The summed E-state index contributed by atoms with van der Waals surface area (Å²) in [5, 5.41) is 10.9. The summed E-state index contributed by atoms with van der Waals surface area (Å²) in [5.41, 5.74) is 4.88. The van der Waals surface area contributed by atoms with Crippen LogP contribution in [0.3, 0.4) is 0 Å². The number of nitrogen functional groups attached to an aromatic ring is 1. The van der Waals surface area contributed by atoms with E-state index in [-0.39, 0.29) is 10.6 Å². The Morgan fingerprint density at radius 1 is 1.33 bits per heavy atom. The van der Waals surface area contributed by atoms with Gasteiger partial charge in [-0.15, -0.1) is 0 Å². The standard InChI is InChI=1S/C13H21N3O4S/c1-5-13(4,6-2)15-21(19,20)12-8-11(16(17)18)10(14)7-9(12)3/h7-8,15H,5-6,14H2,1-4H3. The lowest BCUT2D eigenvalue weighted by molar-refractivity contribution is -0.384. The zero-order valence-corrected chi connectivity index (χ0v) is 13.5. The first-order valence-corrected chi connectivity index (χ1v) is 8.13. The average molecular weight is 315 g/mol. The monoisotopic (exact) mass is 315 g/mol. The van der Waals surface area contributed by atoms with Crippen molar-refractivity contribution in [1.82, 2.24) is 4.72 Å². The Labute approximate surface area is 124 Å². The molecule has 0 saturated carbocycles. The number of anilines is 1. The topological polar surface area (TPSA) is 115 Å². The van der Waals surface area contributed by atoms with Gasteiger partial charge in [0.25, 0.3) is 5.69 Å². The van der Waals surface area contributed by atoms with Gasteiger partial charge >= 0.3 is 0 Å². The third-order valence-electron chi connectivity index (χ3n) is 3.75. The van der Waals surface area contributed by atoms with Gasteiger partial charge in [0.05, 0.1) is 9.82 Å². The highest BCUT2D eigenvalue weighted by molar-refractivity contribution is 7.89. The Bertz CT molecular complexity index is 652. The number of rotatable bonds is 6. The molecule has 0 bridgehead atoms. The maximum atomic E-state index is 12.5. The van der Waals surface area contributed by atoms with Crippen molar-refractivity contribution in [2.75, 3.05) is 5.73 Å². The average Bonchev–Trinajstić information content (AvgIpc) is 2.37. The van der Waals surface area contributed by atoms with E-state index in [1.807, 2.05) is 13.8 Å². The molecule has 0 spiro atoms. The number of nitrogens with zero attached hydrogens (tertiary/aromatic N) is 1. The lowest BCUT2D eigenvalue weighted by Crippen LogP contribution is -2.45. The molecule has 1 aromatic carbocycles. The molecule has 0 aliphatic heterocycles. The van der Waals surface area contributed by atoms with E-state index in [0.29, 0.717) is 18.4 Å². The number of nitrogens with one attached hydrogen (secondary N) is 1. The summed E-state index contributed by atoms with van der Waals surface area (Å²) in [5.74, 6) is 0. The number of sulfonamides is 1. The van der Waals surface area contributed by atoms with Crippen LogP contribution < -0.4 is 10.5 Å². The molecule has 0 saturated heterocycles. The van der Waals surface area contributed by atoms with E-state index in [0.717, 1.165) is 6.07 Å². The molecule has 0 fully saturated rings. The van der Waals surface area contributed by atoms with Crippen LogP contribution in [0.2, 0.25) is 0 Å². The van der Waals surface area contributed by atoms with E-state index in [4.69, 9.17) is 5.73 Å². The Balaban J connectivity index is 3.39. The van der Waals surface area contributed by atoms with Gasteiger partial charge in [-0.1, -0.05) is 13.8 Å². The molecule has 1 aromatic rings. The molecule has 0 unspecified atom stereocenters. The molecule has 21 heavy (non-hydrogen) atoms. The Hall–Kier alpha value is -1.67. The molecule has 0 heterocycles. The van der Waals surface area contributed by atoms with Crippen LogP contribution in [0.5, 0.6) is 0 Å². The summed E-state index contributed by atoms with van der Waals surface area (Å²) >= 11 is 0. The van der Waals surface area contributed by atoms with Crippen LogP contribution in [0.1, 0.15) is 39.2 Å². The van der Waals surface area contributed by atoms with Crippen LogP contribution >= 0.6 is 0 Å². The van der Waals surface area contributed by atoms with Crippen LogP contribution in [0, 0.1) is 17.0 Å². The van der Waals surface area contributed by atoms with Crippen molar-refractivity contribution in [2.24, 2.45) is 0 Å². The highest BCUT2D eigenvalue weighted by Crippen LogP contribution is 2.29. The first-order valence-electron chi connectivity index (χ1n) is 6.65. The van der Waals surface area contributed by atoms with Crippen LogP contribution in [0.25, 0.3) is 0 Å². The van der Waals surface area contributed by atoms with Gasteiger partial charge in [-0.3, -0.25) is 10.1 Å². The molecule has 0 aliphatic rings. The highest BCUT2D eigenvalue weighted by atomic mass is 32.2. The molecule has 0 radical (unpaired) electrons. The van der Waals surface area contributed by atoms with Gasteiger partial charge in [-0.2, -0.15) is 0 Å². The minimum atomic E-state index is -3.86. The summed E-state index contributed by atoms with van der Waals surface area (Å²) in [6, 6.07) is 2.32. The third kappa shape index (κ3) is 3.70. The molecule has 8 heteroatoms. The number of nitro groups is 1. The SMILES string of the molecule is CCC(C)(CC)NS(=O)(=O)c1cc([N+](=O)[O-])c(N)cc1C. The molecule has 118 valence electrons. The molecule has 7 nitrogen and oxygen atoms in total. The third-order valence-corrected chi connectivity index (χ3v) is 5.53. The zero-order valence-electron chi connectivity index (χ0n) is 12.6. The summed E-state index contributed by atoms with van der Waals surface area (Å²) < 4.78 is 27.6. The van der Waals surface area contributed by atoms with Gasteiger partial charge < -0.3 is 5.73 Å². The summed E-state index contributed by atoms with van der Waals surface area (Å²) in [6.45, 7) is 7.12. The maximum Gasteiger partial charge on any atom is 0.293 e. The predicted octanol–water partition coefficient (Wildman–Crippen LogP) is 2.34. The van der Waals surface area contributed by atoms with E-state index in [1.165, 1.54) is 6.07 Å². The molecule has 0 amide bonds. The second-order valence-electron chi connectivity index (χ2n) is 5.31. The number of nitro benzene ring substituents is 1. The fourth-order valence-electron chi connectivity index (χ4n) is 1.92. The van der Waals surface area contributed by atoms with E-state index in [2.05, 4.69) is 4.72 Å². The number of hydrogen-bond donors (Lipinski definition) is 2. The summed E-state index contributed by atoms with van der Waals surface area (Å²) in [6.07, 6.45) is 1.22. The van der Waals surface area contributed by atoms with Crippen molar-refractivity contribution in [3.63, 3.8) is 0 Å². The largest absolute Gasteiger partial charge is 0.393 e. The van der Waals surface area contributed by atoms with E-state index >= 15 is 0 Å². The number of nitrogens with two attached hydrogens (primary N) is 1. The van der Waals surface area contributed by atoms with Gasteiger partial charge in [0.1, 0.15) is 5.69 Å². The number of aryl methyl sites for hydroxylation is 1. The van der Waals surface area contributed by atoms with E-state index in [9.17, 15) is 18.5 Å². The van der Waals surface area contributed by atoms with Crippen molar-refractivity contribution in [1.29, 1.82) is 0 Å². The van der Waals surface area contributed by atoms with E-state index < -0.39 is 26.2 Å². The zero-order chi connectivity index (χ0) is 16.4. The molecular weight excluding hydrogens is 294 g/mol. The van der Waals surface area contributed by atoms with Crippen LogP contribution in [-0.2, 0) is 10.0 Å². The van der Waals surface area contributed by atoms with E-state index in [1.54, 1.807) is 13.8 Å². The van der Waals surface area contributed by atoms with Crippen LogP contribution in [0.4, 0.5) is 11.4 Å². The van der Waals surface area contributed by atoms with Gasteiger partial charge in [-0.05, 0) is 38.3 Å². The molecule has 1 rings (SSSR count). The second kappa shape index (κ2) is 5.98.